The smallest absolute Gasteiger partial charge is 0.251 e. The van der Waals surface area contributed by atoms with E-state index in [1.54, 1.807) is 6.26 Å². The molecule has 0 bridgehead atoms. The van der Waals surface area contributed by atoms with Crippen LogP contribution in [0.25, 0.3) is 11.1 Å². The maximum absolute atomic E-state index is 12.8. The fourth-order valence-electron chi connectivity index (χ4n) is 3.54. The van der Waals surface area contributed by atoms with E-state index in [4.69, 9.17) is 9.15 Å². The SMILES string of the molecule is O=C(NCC(c1ccco1)N1CCOCC1)c1cccc(-c2ccccc2)c1. The highest BCUT2D eigenvalue weighted by Crippen LogP contribution is 2.23. The molecule has 1 aliphatic rings. The van der Waals surface area contributed by atoms with E-state index in [1.165, 1.54) is 0 Å². The number of hydrogen-bond donors (Lipinski definition) is 1. The molecule has 1 N–H and O–H groups in total. The highest BCUT2D eigenvalue weighted by atomic mass is 16.5. The van der Waals surface area contributed by atoms with Crippen LogP contribution in [-0.2, 0) is 4.74 Å². The predicted molar refractivity (Wildman–Crippen MR) is 108 cm³/mol. The molecule has 1 saturated heterocycles. The van der Waals surface area contributed by atoms with E-state index in [9.17, 15) is 4.79 Å². The van der Waals surface area contributed by atoms with Gasteiger partial charge in [0.05, 0.1) is 25.5 Å². The van der Waals surface area contributed by atoms with Gasteiger partial charge in [-0.2, -0.15) is 0 Å². The zero-order chi connectivity index (χ0) is 19.2. The summed E-state index contributed by atoms with van der Waals surface area (Å²) in [5.74, 6) is 0.780. The van der Waals surface area contributed by atoms with Crippen molar-refractivity contribution in [3.63, 3.8) is 0 Å². The summed E-state index contributed by atoms with van der Waals surface area (Å²) in [6.07, 6.45) is 1.67. The van der Waals surface area contributed by atoms with Crippen LogP contribution in [0.5, 0.6) is 0 Å². The molecule has 2 heterocycles. The number of rotatable bonds is 6. The second-order valence-electron chi connectivity index (χ2n) is 6.84. The summed E-state index contributed by atoms with van der Waals surface area (Å²) in [4.78, 5) is 15.1. The van der Waals surface area contributed by atoms with Gasteiger partial charge in [0.1, 0.15) is 5.76 Å². The fourth-order valence-corrected chi connectivity index (χ4v) is 3.54. The third-order valence-electron chi connectivity index (χ3n) is 5.05. The van der Waals surface area contributed by atoms with E-state index < -0.39 is 0 Å². The van der Waals surface area contributed by atoms with Gasteiger partial charge in [-0.05, 0) is 35.4 Å². The van der Waals surface area contributed by atoms with Gasteiger partial charge in [0.25, 0.3) is 5.91 Å². The van der Waals surface area contributed by atoms with Crippen molar-refractivity contribution >= 4 is 5.91 Å². The molecule has 0 spiro atoms. The molecule has 5 heteroatoms. The summed E-state index contributed by atoms with van der Waals surface area (Å²) in [6.45, 7) is 3.53. The lowest BCUT2D eigenvalue weighted by molar-refractivity contribution is 0.0118. The van der Waals surface area contributed by atoms with Crippen LogP contribution in [0.4, 0.5) is 0 Å². The van der Waals surface area contributed by atoms with Crippen LogP contribution in [0.3, 0.4) is 0 Å². The zero-order valence-corrected chi connectivity index (χ0v) is 15.7. The van der Waals surface area contributed by atoms with Crippen molar-refractivity contribution < 1.29 is 13.9 Å². The molecule has 28 heavy (non-hydrogen) atoms. The predicted octanol–water partition coefficient (Wildman–Crippen LogP) is 3.75. The number of furan rings is 1. The molecule has 0 aliphatic carbocycles. The Hall–Kier alpha value is -2.89. The Morgan fingerprint density at radius 2 is 1.75 bits per heavy atom. The Balaban J connectivity index is 1.46. The van der Waals surface area contributed by atoms with Crippen LogP contribution in [0.2, 0.25) is 0 Å². The monoisotopic (exact) mass is 376 g/mol. The third kappa shape index (κ3) is 4.32. The van der Waals surface area contributed by atoms with Gasteiger partial charge in [-0.3, -0.25) is 9.69 Å². The number of carbonyl (C=O) groups excluding carboxylic acids is 1. The quantitative estimate of drug-likeness (QED) is 0.712. The molecule has 1 aliphatic heterocycles. The first-order chi connectivity index (χ1) is 13.8. The lowest BCUT2D eigenvalue weighted by atomic mass is 10.0. The van der Waals surface area contributed by atoms with Crippen molar-refractivity contribution in [2.45, 2.75) is 6.04 Å². The minimum atomic E-state index is -0.0809. The number of ether oxygens (including phenoxy) is 1. The van der Waals surface area contributed by atoms with Gasteiger partial charge in [0, 0.05) is 25.2 Å². The maximum atomic E-state index is 12.8. The van der Waals surface area contributed by atoms with E-state index in [0.717, 1.165) is 30.0 Å². The summed E-state index contributed by atoms with van der Waals surface area (Å²) >= 11 is 0. The number of nitrogens with one attached hydrogen (secondary N) is 1. The van der Waals surface area contributed by atoms with Gasteiger partial charge in [0.15, 0.2) is 0 Å². The summed E-state index contributed by atoms with van der Waals surface area (Å²) in [6, 6.07) is 21.6. The summed E-state index contributed by atoms with van der Waals surface area (Å²) in [5, 5.41) is 3.08. The van der Waals surface area contributed by atoms with Gasteiger partial charge in [-0.25, -0.2) is 0 Å². The Morgan fingerprint density at radius 1 is 0.964 bits per heavy atom. The third-order valence-corrected chi connectivity index (χ3v) is 5.05. The van der Waals surface area contributed by atoms with Gasteiger partial charge in [0.2, 0.25) is 0 Å². The maximum Gasteiger partial charge on any atom is 0.251 e. The van der Waals surface area contributed by atoms with Gasteiger partial charge in [-0.1, -0.05) is 42.5 Å². The van der Waals surface area contributed by atoms with E-state index >= 15 is 0 Å². The number of carbonyl (C=O) groups is 1. The molecule has 1 atom stereocenters. The minimum Gasteiger partial charge on any atom is -0.468 e. The number of morpholine rings is 1. The molecule has 1 fully saturated rings. The van der Waals surface area contributed by atoms with Crippen LogP contribution in [0, 0.1) is 0 Å². The van der Waals surface area contributed by atoms with Gasteiger partial charge in [-0.15, -0.1) is 0 Å². The van der Waals surface area contributed by atoms with Crippen LogP contribution in [0.1, 0.15) is 22.2 Å². The van der Waals surface area contributed by atoms with E-state index in [-0.39, 0.29) is 11.9 Å². The summed E-state index contributed by atoms with van der Waals surface area (Å²) in [7, 11) is 0. The first-order valence-electron chi connectivity index (χ1n) is 9.60. The lowest BCUT2D eigenvalue weighted by Crippen LogP contribution is -2.43. The minimum absolute atomic E-state index is 0.000144. The number of nitrogens with zero attached hydrogens (tertiary/aromatic N) is 1. The first kappa shape index (κ1) is 18.5. The first-order valence-corrected chi connectivity index (χ1v) is 9.60. The van der Waals surface area contributed by atoms with Crippen LogP contribution >= 0.6 is 0 Å². The molecular weight excluding hydrogens is 352 g/mol. The Labute approximate surface area is 164 Å². The highest BCUT2D eigenvalue weighted by molar-refractivity contribution is 5.95. The fraction of sp³-hybridized carbons (Fsp3) is 0.261. The second-order valence-corrected chi connectivity index (χ2v) is 6.84. The molecule has 144 valence electrons. The van der Waals surface area contributed by atoms with E-state index in [2.05, 4.69) is 10.2 Å². The standard InChI is InChI=1S/C23H24N2O3/c26-23(20-9-4-8-19(16-20)18-6-2-1-3-7-18)24-17-21(22-10-5-13-28-22)25-11-14-27-15-12-25/h1-10,13,16,21H,11-12,14-15,17H2,(H,24,26). The summed E-state index contributed by atoms with van der Waals surface area (Å²) in [5.41, 5.74) is 2.78. The van der Waals surface area contributed by atoms with Crippen molar-refractivity contribution in [2.75, 3.05) is 32.8 Å². The molecule has 2 aromatic carbocycles. The van der Waals surface area contributed by atoms with E-state index in [0.29, 0.717) is 25.3 Å². The van der Waals surface area contributed by atoms with Crippen LogP contribution < -0.4 is 5.32 Å². The van der Waals surface area contributed by atoms with Gasteiger partial charge >= 0.3 is 0 Å². The van der Waals surface area contributed by atoms with E-state index in [1.807, 2.05) is 66.7 Å². The number of benzene rings is 2. The Kier molecular flexibility index (Phi) is 5.85. The molecule has 1 amide bonds. The average Bonchev–Trinajstić information content (AvgIpc) is 3.30. The molecule has 4 rings (SSSR count). The van der Waals surface area contributed by atoms with Crippen LogP contribution in [-0.4, -0.2) is 43.7 Å². The highest BCUT2D eigenvalue weighted by Gasteiger charge is 2.25. The normalized spacial score (nSPS) is 15.9. The van der Waals surface area contributed by atoms with Crippen molar-refractivity contribution in [2.24, 2.45) is 0 Å². The second kappa shape index (κ2) is 8.87. The molecule has 5 nitrogen and oxygen atoms in total. The van der Waals surface area contributed by atoms with Gasteiger partial charge < -0.3 is 14.5 Å². The van der Waals surface area contributed by atoms with Crippen LogP contribution in [0.15, 0.2) is 77.4 Å². The molecule has 0 radical (unpaired) electrons. The van der Waals surface area contributed by atoms with Crippen molar-refractivity contribution in [1.29, 1.82) is 0 Å². The summed E-state index contributed by atoms with van der Waals surface area (Å²) < 4.78 is 11.1. The largest absolute Gasteiger partial charge is 0.468 e. The topological polar surface area (TPSA) is 54.7 Å². The van der Waals surface area contributed by atoms with Crippen molar-refractivity contribution in [3.8, 4) is 11.1 Å². The van der Waals surface area contributed by atoms with Crippen molar-refractivity contribution in [1.82, 2.24) is 10.2 Å². The lowest BCUT2D eigenvalue weighted by Gasteiger charge is -2.33. The van der Waals surface area contributed by atoms with Crippen molar-refractivity contribution in [3.05, 3.63) is 84.3 Å². The number of hydrogen-bond acceptors (Lipinski definition) is 4. The zero-order valence-electron chi connectivity index (χ0n) is 15.7. The molecule has 1 aromatic heterocycles. The molecule has 0 saturated carbocycles. The molecular formula is C23H24N2O3. The molecule has 1 unspecified atom stereocenters. The number of amides is 1. The molecule has 3 aromatic rings. The Morgan fingerprint density at radius 3 is 2.50 bits per heavy atom. The Bertz CT molecular complexity index is 887. The average molecular weight is 376 g/mol.